The van der Waals surface area contributed by atoms with E-state index in [0.717, 1.165) is 12.8 Å². The molecule has 0 spiro atoms. The van der Waals surface area contributed by atoms with Gasteiger partial charge in [0.15, 0.2) is 5.58 Å². The van der Waals surface area contributed by atoms with Gasteiger partial charge in [0.1, 0.15) is 23.6 Å². The van der Waals surface area contributed by atoms with Gasteiger partial charge in [-0.25, -0.2) is 4.98 Å². The molecular formula is C24H26ClN5O5. The molecule has 0 radical (unpaired) electrons. The minimum absolute atomic E-state index is 0. The van der Waals surface area contributed by atoms with Crippen molar-refractivity contribution in [3.63, 3.8) is 0 Å². The normalized spacial score (nSPS) is 20.6. The molecule has 0 atom stereocenters. The summed E-state index contributed by atoms with van der Waals surface area (Å²) in [5, 5.41) is 5.98. The third-order valence-corrected chi connectivity index (χ3v) is 6.62. The summed E-state index contributed by atoms with van der Waals surface area (Å²) in [6.45, 7) is 1.26. The molecule has 0 bridgehead atoms. The lowest BCUT2D eigenvalue weighted by Crippen LogP contribution is -2.49. The highest BCUT2D eigenvalue weighted by molar-refractivity contribution is 6.30. The lowest BCUT2D eigenvalue weighted by Gasteiger charge is -2.38. The predicted molar refractivity (Wildman–Crippen MR) is 130 cm³/mol. The maximum atomic E-state index is 13.2. The molecule has 2 N–H and O–H groups in total. The van der Waals surface area contributed by atoms with E-state index in [1.807, 2.05) is 4.90 Å². The molecule has 3 aromatic heterocycles. The van der Waals surface area contributed by atoms with Crippen LogP contribution < -0.4 is 10.6 Å². The number of ether oxygens (including phenoxy) is 1. The molecule has 10 nitrogen and oxygen atoms in total. The molecule has 3 aromatic rings. The van der Waals surface area contributed by atoms with Gasteiger partial charge in [0.05, 0.1) is 11.6 Å². The monoisotopic (exact) mass is 499 g/mol. The van der Waals surface area contributed by atoms with Gasteiger partial charge in [-0.05, 0) is 49.9 Å². The highest BCUT2D eigenvalue weighted by Gasteiger charge is 2.34. The lowest BCUT2D eigenvalue weighted by atomic mass is 9.84. The molecule has 4 heterocycles. The Morgan fingerprint density at radius 2 is 1.94 bits per heavy atom. The van der Waals surface area contributed by atoms with Crippen LogP contribution in [0.25, 0.3) is 11.1 Å². The molecule has 2 fully saturated rings. The Morgan fingerprint density at radius 3 is 2.69 bits per heavy atom. The first-order valence-corrected chi connectivity index (χ1v) is 11.9. The molecular weight excluding hydrogens is 474 g/mol. The van der Waals surface area contributed by atoms with Crippen LogP contribution in [-0.2, 0) is 14.3 Å². The van der Waals surface area contributed by atoms with Gasteiger partial charge in [0.25, 0.3) is 5.91 Å². The number of fused-ring (bicyclic) bond motifs is 1. The number of carbonyl (C=O) groups excluding carboxylic acids is 3. The number of hydrogen-bond donors (Lipinski definition) is 2. The highest BCUT2D eigenvalue weighted by Crippen LogP contribution is 2.33. The van der Waals surface area contributed by atoms with E-state index in [-0.39, 0.29) is 43.3 Å². The molecule has 1 saturated carbocycles. The standard InChI is InChI=1S/C24H24ClN5O5.H2/c25-15-5-8-18(27-12-15)28-24(33)22-21(20-17(35-22)2-1-9-26-20)29-23(32)14-3-6-16(7-4-14)30-10-11-34-13-19(30)31;/h1-2,5,8-9,12,14,16H,3-4,6-7,10-11,13H2,(H,29,32)(H,27,28,33);1H. The number of furan rings is 1. The van der Waals surface area contributed by atoms with Crippen LogP contribution in [0.4, 0.5) is 11.5 Å². The Morgan fingerprint density at radius 1 is 1.11 bits per heavy atom. The van der Waals surface area contributed by atoms with Crippen molar-refractivity contribution in [3.05, 3.63) is 47.4 Å². The van der Waals surface area contributed by atoms with E-state index in [1.165, 1.54) is 6.20 Å². The van der Waals surface area contributed by atoms with Gasteiger partial charge in [-0.3, -0.25) is 19.4 Å². The topological polar surface area (TPSA) is 127 Å². The maximum Gasteiger partial charge on any atom is 0.294 e. The summed E-state index contributed by atoms with van der Waals surface area (Å²) in [7, 11) is 0. The minimum atomic E-state index is -0.567. The van der Waals surface area contributed by atoms with Crippen LogP contribution in [0, 0.1) is 5.92 Å². The van der Waals surface area contributed by atoms with E-state index >= 15 is 0 Å². The molecule has 35 heavy (non-hydrogen) atoms. The molecule has 2 aliphatic rings. The van der Waals surface area contributed by atoms with Crippen molar-refractivity contribution in [1.82, 2.24) is 14.9 Å². The van der Waals surface area contributed by atoms with Gasteiger partial charge in [-0.2, -0.15) is 0 Å². The van der Waals surface area contributed by atoms with E-state index < -0.39 is 5.91 Å². The molecule has 3 amide bonds. The van der Waals surface area contributed by atoms with Crippen LogP contribution in [0.5, 0.6) is 0 Å². The largest absolute Gasteiger partial charge is 0.447 e. The second kappa shape index (κ2) is 10.0. The summed E-state index contributed by atoms with van der Waals surface area (Å²) < 4.78 is 11.0. The van der Waals surface area contributed by atoms with E-state index in [2.05, 4.69) is 20.6 Å². The van der Waals surface area contributed by atoms with Crippen LogP contribution in [0.3, 0.4) is 0 Å². The first-order valence-electron chi connectivity index (χ1n) is 11.5. The number of amides is 3. The average Bonchev–Trinajstić information content (AvgIpc) is 3.24. The summed E-state index contributed by atoms with van der Waals surface area (Å²) in [5.74, 6) is -0.778. The molecule has 0 aromatic carbocycles. The highest BCUT2D eigenvalue weighted by atomic mass is 35.5. The number of morpholine rings is 1. The summed E-state index contributed by atoms with van der Waals surface area (Å²) in [6.07, 6.45) is 5.75. The number of carbonyl (C=O) groups is 3. The van der Waals surface area contributed by atoms with Crippen molar-refractivity contribution < 1.29 is 25.0 Å². The summed E-state index contributed by atoms with van der Waals surface area (Å²) >= 11 is 5.86. The Labute approximate surface area is 207 Å². The number of nitrogens with zero attached hydrogens (tertiary/aromatic N) is 3. The van der Waals surface area contributed by atoms with E-state index in [4.69, 9.17) is 20.8 Å². The Hall–Kier alpha value is -3.50. The predicted octanol–water partition coefficient (Wildman–Crippen LogP) is 3.73. The van der Waals surface area contributed by atoms with Crippen LogP contribution in [0.15, 0.2) is 41.1 Å². The van der Waals surface area contributed by atoms with Crippen molar-refractivity contribution in [3.8, 4) is 0 Å². The first-order chi connectivity index (χ1) is 17.0. The number of hydrogen-bond acceptors (Lipinski definition) is 7. The quantitative estimate of drug-likeness (QED) is 0.547. The molecule has 1 aliphatic carbocycles. The van der Waals surface area contributed by atoms with Crippen molar-refractivity contribution in [2.45, 2.75) is 31.7 Å². The van der Waals surface area contributed by atoms with Crippen molar-refractivity contribution >= 4 is 51.9 Å². The second-order valence-electron chi connectivity index (χ2n) is 8.61. The number of halogens is 1. The zero-order chi connectivity index (χ0) is 24.4. The van der Waals surface area contributed by atoms with Gasteiger partial charge in [0.2, 0.25) is 17.6 Å². The maximum absolute atomic E-state index is 13.2. The summed E-state index contributed by atoms with van der Waals surface area (Å²) in [5.41, 5.74) is 0.997. The van der Waals surface area contributed by atoms with E-state index in [0.29, 0.717) is 47.9 Å². The molecule has 0 unspecified atom stereocenters. The Balaban J connectivity index is 0.00000304. The van der Waals surface area contributed by atoms with Gasteiger partial charge in [-0.1, -0.05) is 11.6 Å². The van der Waals surface area contributed by atoms with Gasteiger partial charge < -0.3 is 24.7 Å². The van der Waals surface area contributed by atoms with E-state index in [9.17, 15) is 14.4 Å². The zero-order valence-corrected chi connectivity index (χ0v) is 19.6. The lowest BCUT2D eigenvalue weighted by molar-refractivity contribution is -0.146. The fraction of sp³-hybridized carbons (Fsp3) is 0.375. The summed E-state index contributed by atoms with van der Waals surface area (Å²) in [6, 6.07) is 6.67. The fourth-order valence-corrected chi connectivity index (χ4v) is 4.73. The number of anilines is 2. The zero-order valence-electron chi connectivity index (χ0n) is 18.8. The summed E-state index contributed by atoms with van der Waals surface area (Å²) in [4.78, 5) is 48.6. The molecule has 1 saturated heterocycles. The van der Waals surface area contributed by atoms with Crippen LogP contribution >= 0.6 is 11.6 Å². The van der Waals surface area contributed by atoms with Crippen LogP contribution in [0.2, 0.25) is 5.02 Å². The molecule has 184 valence electrons. The Bertz CT molecular complexity index is 1260. The van der Waals surface area contributed by atoms with Gasteiger partial charge in [-0.15, -0.1) is 0 Å². The average molecular weight is 500 g/mol. The molecule has 5 rings (SSSR count). The number of rotatable bonds is 5. The third-order valence-electron chi connectivity index (χ3n) is 6.40. The number of nitrogens with one attached hydrogen (secondary N) is 2. The second-order valence-corrected chi connectivity index (χ2v) is 9.04. The van der Waals surface area contributed by atoms with Crippen molar-refractivity contribution in [2.75, 3.05) is 30.4 Å². The van der Waals surface area contributed by atoms with Crippen molar-refractivity contribution in [2.24, 2.45) is 5.92 Å². The van der Waals surface area contributed by atoms with Gasteiger partial charge in [0, 0.05) is 32.3 Å². The van der Waals surface area contributed by atoms with Gasteiger partial charge >= 0.3 is 0 Å². The van der Waals surface area contributed by atoms with Crippen molar-refractivity contribution in [1.29, 1.82) is 0 Å². The SMILES string of the molecule is O=C(Nc1ccc(Cl)cn1)c1oc2cccnc2c1NC(=O)C1CCC(N2CCOCC2=O)CC1.[HH]. The number of aromatic nitrogens is 2. The van der Waals surface area contributed by atoms with Crippen LogP contribution in [0.1, 0.15) is 37.7 Å². The first kappa shape index (κ1) is 23.3. The smallest absolute Gasteiger partial charge is 0.294 e. The van der Waals surface area contributed by atoms with Crippen LogP contribution in [-0.4, -0.2) is 58.4 Å². The third kappa shape index (κ3) is 4.98. The van der Waals surface area contributed by atoms with E-state index in [1.54, 1.807) is 30.5 Å². The molecule has 11 heteroatoms. The fourth-order valence-electron chi connectivity index (χ4n) is 4.62. The Kier molecular flexibility index (Phi) is 6.65. The minimum Gasteiger partial charge on any atom is -0.447 e. The number of pyridine rings is 2. The molecule has 1 aliphatic heterocycles.